The number of rotatable bonds is 2. The standard InChI is InChI=1S/C20H19F2N3O/c1-11-12(2)24-20-19(23-11)16(15-4-3-14(21)9-17(15)22)10-18(25-20)13-5-7-26-8-6-13/h3-4,9-10,13H,5-8H2,1-2H3. The maximum Gasteiger partial charge on any atom is 0.179 e. The molecule has 3 aromatic rings. The van der Waals surface area contributed by atoms with Crippen LogP contribution in [0.1, 0.15) is 35.8 Å². The van der Waals surface area contributed by atoms with Crippen molar-refractivity contribution in [3.63, 3.8) is 0 Å². The predicted molar refractivity (Wildman–Crippen MR) is 95.0 cm³/mol. The minimum atomic E-state index is -0.615. The van der Waals surface area contributed by atoms with Gasteiger partial charge in [0.1, 0.15) is 17.2 Å². The molecule has 1 aliphatic rings. The molecule has 1 fully saturated rings. The van der Waals surface area contributed by atoms with Crippen LogP contribution in [0.5, 0.6) is 0 Å². The molecule has 2 aromatic heterocycles. The number of halogens is 2. The zero-order valence-electron chi connectivity index (χ0n) is 14.7. The fourth-order valence-electron chi connectivity index (χ4n) is 3.34. The number of ether oxygens (including phenoxy) is 1. The summed E-state index contributed by atoms with van der Waals surface area (Å²) in [6, 6.07) is 5.47. The Morgan fingerprint density at radius 1 is 0.923 bits per heavy atom. The Kier molecular flexibility index (Phi) is 4.36. The smallest absolute Gasteiger partial charge is 0.179 e. The van der Waals surface area contributed by atoms with Crippen LogP contribution in [0.2, 0.25) is 0 Å². The Balaban J connectivity index is 1.97. The minimum absolute atomic E-state index is 0.235. The molecular formula is C20H19F2N3O. The van der Waals surface area contributed by atoms with E-state index in [2.05, 4.69) is 9.97 Å². The van der Waals surface area contributed by atoms with Crippen molar-refractivity contribution in [1.82, 2.24) is 15.0 Å². The first kappa shape index (κ1) is 17.0. The Morgan fingerprint density at radius 3 is 2.38 bits per heavy atom. The molecule has 3 heterocycles. The van der Waals surface area contributed by atoms with Crippen molar-refractivity contribution < 1.29 is 13.5 Å². The summed E-state index contributed by atoms with van der Waals surface area (Å²) in [7, 11) is 0. The second kappa shape index (κ2) is 6.68. The molecule has 0 bridgehead atoms. The Hall–Kier alpha value is -2.47. The Labute approximate surface area is 150 Å². The summed E-state index contributed by atoms with van der Waals surface area (Å²) in [6.45, 7) is 5.11. The van der Waals surface area contributed by atoms with E-state index in [-0.39, 0.29) is 5.92 Å². The topological polar surface area (TPSA) is 47.9 Å². The summed E-state index contributed by atoms with van der Waals surface area (Å²) in [4.78, 5) is 13.9. The van der Waals surface area contributed by atoms with Gasteiger partial charge >= 0.3 is 0 Å². The van der Waals surface area contributed by atoms with E-state index in [4.69, 9.17) is 9.72 Å². The van der Waals surface area contributed by atoms with Crippen LogP contribution in [0.4, 0.5) is 8.78 Å². The summed E-state index contributed by atoms with van der Waals surface area (Å²) in [6.07, 6.45) is 1.73. The highest BCUT2D eigenvalue weighted by Gasteiger charge is 2.22. The molecule has 0 aliphatic carbocycles. The minimum Gasteiger partial charge on any atom is -0.381 e. The Bertz CT molecular complexity index is 984. The number of aromatic nitrogens is 3. The average molecular weight is 355 g/mol. The SMILES string of the molecule is Cc1nc2nc(C3CCOCC3)cc(-c3ccc(F)cc3F)c2nc1C. The molecule has 4 rings (SSSR count). The third-order valence-corrected chi connectivity index (χ3v) is 4.93. The van der Waals surface area contributed by atoms with E-state index in [1.54, 1.807) is 0 Å². The molecule has 1 saturated heterocycles. The summed E-state index contributed by atoms with van der Waals surface area (Å²) in [5.74, 6) is -0.985. The van der Waals surface area contributed by atoms with Gasteiger partial charge in [-0.05, 0) is 44.9 Å². The molecule has 134 valence electrons. The first-order valence-electron chi connectivity index (χ1n) is 8.72. The van der Waals surface area contributed by atoms with Gasteiger partial charge < -0.3 is 4.74 Å². The van der Waals surface area contributed by atoms with Crippen LogP contribution >= 0.6 is 0 Å². The number of hydrogen-bond donors (Lipinski definition) is 0. The second-order valence-corrected chi connectivity index (χ2v) is 6.67. The lowest BCUT2D eigenvalue weighted by molar-refractivity contribution is 0.0845. The van der Waals surface area contributed by atoms with Crippen molar-refractivity contribution >= 4 is 11.2 Å². The van der Waals surface area contributed by atoms with Crippen LogP contribution in [-0.4, -0.2) is 28.2 Å². The highest BCUT2D eigenvalue weighted by atomic mass is 19.1. The van der Waals surface area contributed by atoms with E-state index >= 15 is 0 Å². The van der Waals surface area contributed by atoms with Crippen molar-refractivity contribution in [1.29, 1.82) is 0 Å². The lowest BCUT2D eigenvalue weighted by Crippen LogP contribution is -2.15. The van der Waals surface area contributed by atoms with Gasteiger partial charge in [0.2, 0.25) is 0 Å². The molecule has 0 amide bonds. The highest BCUT2D eigenvalue weighted by Crippen LogP contribution is 2.34. The van der Waals surface area contributed by atoms with Crippen LogP contribution in [0.15, 0.2) is 24.3 Å². The molecule has 0 radical (unpaired) electrons. The predicted octanol–water partition coefficient (Wildman–Crippen LogP) is 4.48. The van der Waals surface area contributed by atoms with Crippen molar-refractivity contribution in [2.75, 3.05) is 13.2 Å². The lowest BCUT2D eigenvalue weighted by atomic mass is 9.93. The van der Waals surface area contributed by atoms with Crippen molar-refractivity contribution in [3.8, 4) is 11.1 Å². The van der Waals surface area contributed by atoms with Gasteiger partial charge in [-0.2, -0.15) is 0 Å². The maximum atomic E-state index is 14.5. The molecule has 0 atom stereocenters. The van der Waals surface area contributed by atoms with Crippen LogP contribution in [0, 0.1) is 25.5 Å². The number of aryl methyl sites for hydroxylation is 2. The molecule has 0 saturated carbocycles. The van der Waals surface area contributed by atoms with E-state index < -0.39 is 11.6 Å². The number of hydrogen-bond acceptors (Lipinski definition) is 4. The van der Waals surface area contributed by atoms with Gasteiger partial charge in [0.05, 0.1) is 11.4 Å². The van der Waals surface area contributed by atoms with Gasteiger partial charge in [-0.15, -0.1) is 0 Å². The number of nitrogens with zero attached hydrogens (tertiary/aromatic N) is 3. The van der Waals surface area contributed by atoms with Crippen molar-refractivity contribution in [2.24, 2.45) is 0 Å². The number of benzene rings is 1. The molecule has 4 nitrogen and oxygen atoms in total. The summed E-state index contributed by atoms with van der Waals surface area (Å²) >= 11 is 0. The summed E-state index contributed by atoms with van der Waals surface area (Å²) in [5.41, 5.74) is 4.36. The lowest BCUT2D eigenvalue weighted by Gasteiger charge is -2.22. The van der Waals surface area contributed by atoms with E-state index in [0.717, 1.165) is 36.0 Å². The van der Waals surface area contributed by atoms with Crippen LogP contribution < -0.4 is 0 Å². The van der Waals surface area contributed by atoms with E-state index in [1.807, 2.05) is 19.9 Å². The molecule has 26 heavy (non-hydrogen) atoms. The van der Waals surface area contributed by atoms with Crippen LogP contribution in [-0.2, 0) is 4.74 Å². The molecular weight excluding hydrogens is 336 g/mol. The number of pyridine rings is 1. The zero-order valence-corrected chi connectivity index (χ0v) is 14.7. The third-order valence-electron chi connectivity index (χ3n) is 4.93. The van der Waals surface area contributed by atoms with Crippen LogP contribution in [0.25, 0.3) is 22.3 Å². The van der Waals surface area contributed by atoms with E-state index in [0.29, 0.717) is 35.5 Å². The van der Waals surface area contributed by atoms with E-state index in [9.17, 15) is 8.78 Å². The summed E-state index contributed by atoms with van der Waals surface area (Å²) < 4.78 is 33.3. The maximum absolute atomic E-state index is 14.5. The molecule has 1 aliphatic heterocycles. The summed E-state index contributed by atoms with van der Waals surface area (Å²) in [5, 5.41) is 0. The van der Waals surface area contributed by atoms with Crippen molar-refractivity contribution in [2.45, 2.75) is 32.6 Å². The first-order valence-corrected chi connectivity index (χ1v) is 8.72. The number of fused-ring (bicyclic) bond motifs is 1. The average Bonchev–Trinajstić information content (AvgIpc) is 2.63. The first-order chi connectivity index (χ1) is 12.5. The normalized spacial score (nSPS) is 15.5. The van der Waals surface area contributed by atoms with Gasteiger partial charge in [-0.1, -0.05) is 0 Å². The van der Waals surface area contributed by atoms with E-state index in [1.165, 1.54) is 12.1 Å². The Morgan fingerprint density at radius 2 is 1.65 bits per heavy atom. The quantitative estimate of drug-likeness (QED) is 0.680. The van der Waals surface area contributed by atoms with Gasteiger partial charge in [-0.3, -0.25) is 0 Å². The third kappa shape index (κ3) is 3.05. The van der Waals surface area contributed by atoms with Gasteiger partial charge in [-0.25, -0.2) is 23.7 Å². The molecule has 6 heteroatoms. The molecule has 0 N–H and O–H groups in total. The molecule has 1 aromatic carbocycles. The highest BCUT2D eigenvalue weighted by molar-refractivity contribution is 5.90. The fraction of sp³-hybridized carbons (Fsp3) is 0.350. The van der Waals surface area contributed by atoms with Crippen LogP contribution in [0.3, 0.4) is 0 Å². The van der Waals surface area contributed by atoms with Crippen molar-refractivity contribution in [3.05, 3.63) is 53.0 Å². The largest absolute Gasteiger partial charge is 0.381 e. The van der Waals surface area contributed by atoms with Gasteiger partial charge in [0, 0.05) is 42.0 Å². The molecule has 0 spiro atoms. The second-order valence-electron chi connectivity index (χ2n) is 6.67. The molecule has 0 unspecified atom stereocenters. The van der Waals surface area contributed by atoms with Gasteiger partial charge in [0.25, 0.3) is 0 Å². The fourth-order valence-corrected chi connectivity index (χ4v) is 3.34. The van der Waals surface area contributed by atoms with Gasteiger partial charge in [0.15, 0.2) is 5.65 Å². The zero-order chi connectivity index (χ0) is 18.3. The monoisotopic (exact) mass is 355 g/mol.